The Morgan fingerprint density at radius 3 is 2.58 bits per heavy atom. The van der Waals surface area contributed by atoms with Crippen LogP contribution in [-0.2, 0) is 20.9 Å². The van der Waals surface area contributed by atoms with Crippen molar-refractivity contribution in [3.05, 3.63) is 65.9 Å². The quantitative estimate of drug-likeness (QED) is 0.158. The Morgan fingerprint density at radius 2 is 1.82 bits per heavy atom. The molecule has 55 heavy (non-hydrogen) atoms. The molecule has 3 amide bonds. The first-order valence-corrected chi connectivity index (χ1v) is 19.2. The molecule has 5 aromatic rings. The second kappa shape index (κ2) is 13.9. The summed E-state index contributed by atoms with van der Waals surface area (Å²) in [7, 11) is 1.29. The van der Waals surface area contributed by atoms with Gasteiger partial charge in [0.2, 0.25) is 5.91 Å². The minimum Gasteiger partial charge on any atom is -0.488 e. The van der Waals surface area contributed by atoms with Crippen LogP contribution in [0.3, 0.4) is 0 Å². The van der Waals surface area contributed by atoms with Crippen molar-refractivity contribution in [2.75, 3.05) is 20.2 Å². The highest BCUT2D eigenvalue weighted by atomic mass is 16.6. The highest BCUT2D eigenvalue weighted by molar-refractivity contribution is 6.07. The van der Waals surface area contributed by atoms with E-state index in [0.29, 0.717) is 25.6 Å². The lowest BCUT2D eigenvalue weighted by molar-refractivity contribution is -0.135. The predicted octanol–water partition coefficient (Wildman–Crippen LogP) is 8.03. The minimum atomic E-state index is -0.691. The number of H-pyrrole nitrogens is 2. The molecule has 13 heteroatoms. The molecule has 0 radical (unpaired) electrons. The number of hydrogen-bond acceptors (Lipinski definition) is 8. The van der Waals surface area contributed by atoms with Crippen molar-refractivity contribution in [1.82, 2.24) is 35.1 Å². The number of imidazole rings is 2. The number of likely N-dealkylation sites (tertiary alicyclic amines) is 2. The first kappa shape index (κ1) is 36.4. The zero-order chi connectivity index (χ0) is 38.8. The highest BCUT2D eigenvalue weighted by Crippen LogP contribution is 2.44. The van der Waals surface area contributed by atoms with Gasteiger partial charge in [0.25, 0.3) is 0 Å². The van der Waals surface area contributed by atoms with Gasteiger partial charge in [-0.3, -0.25) is 9.69 Å². The molecule has 288 valence electrons. The van der Waals surface area contributed by atoms with Gasteiger partial charge in [0.15, 0.2) is 0 Å². The Balaban J connectivity index is 1.04. The Morgan fingerprint density at radius 1 is 1.00 bits per heavy atom. The third-order valence-electron chi connectivity index (χ3n) is 11.0. The van der Waals surface area contributed by atoms with Crippen LogP contribution < -0.4 is 10.1 Å². The Kier molecular flexibility index (Phi) is 9.21. The monoisotopic (exact) mass is 747 g/mol. The number of alkyl carbamates (subject to hydrolysis) is 1. The molecule has 4 unspecified atom stereocenters. The lowest BCUT2D eigenvalue weighted by Crippen LogP contribution is -2.51. The first-order valence-electron chi connectivity index (χ1n) is 19.2. The van der Waals surface area contributed by atoms with Gasteiger partial charge in [-0.2, -0.15) is 0 Å². The molecule has 4 atom stereocenters. The number of aromatic nitrogens is 4. The number of rotatable bonds is 6. The molecule has 0 bridgehead atoms. The largest absolute Gasteiger partial charge is 0.488 e. The molecular formula is C42H49N7O6. The second-order valence-corrected chi connectivity index (χ2v) is 16.5. The SMILES string of the molecule is COC(=O)NC(C(=O)N1CCCC1c1ncc(-c2ccc3c(c2)COc2cc4c(ccc5[nH]c(C6CC(C)CN6C(=O)OC(C)(C)C)nc54)cc2-3)[nH]1)C(C)C. The summed E-state index contributed by atoms with van der Waals surface area (Å²) in [5.41, 5.74) is 6.19. The number of nitrogens with zero attached hydrogens (tertiary/aromatic N) is 4. The van der Waals surface area contributed by atoms with Crippen LogP contribution in [0.4, 0.5) is 9.59 Å². The maximum absolute atomic E-state index is 13.6. The zero-order valence-electron chi connectivity index (χ0n) is 32.5. The van der Waals surface area contributed by atoms with Crippen LogP contribution in [0.15, 0.2) is 48.7 Å². The van der Waals surface area contributed by atoms with Crippen molar-refractivity contribution < 1.29 is 28.6 Å². The lowest BCUT2D eigenvalue weighted by Gasteiger charge is -2.30. The summed E-state index contributed by atoms with van der Waals surface area (Å²) in [5.74, 6) is 2.36. The smallest absolute Gasteiger partial charge is 0.410 e. The number of amides is 3. The van der Waals surface area contributed by atoms with Crippen molar-refractivity contribution in [3.63, 3.8) is 0 Å². The first-order chi connectivity index (χ1) is 26.3. The van der Waals surface area contributed by atoms with E-state index in [-0.39, 0.29) is 30.0 Å². The number of aromatic amines is 2. The molecule has 3 N–H and O–H groups in total. The molecule has 3 aliphatic rings. The lowest BCUT2D eigenvalue weighted by atomic mass is 9.92. The summed E-state index contributed by atoms with van der Waals surface area (Å²) in [4.78, 5) is 59.2. The molecule has 8 rings (SSSR count). The third kappa shape index (κ3) is 6.85. The van der Waals surface area contributed by atoms with E-state index in [9.17, 15) is 14.4 Å². The van der Waals surface area contributed by atoms with Crippen molar-refractivity contribution in [1.29, 1.82) is 0 Å². The molecule has 3 aliphatic heterocycles. The zero-order valence-corrected chi connectivity index (χ0v) is 32.5. The summed E-state index contributed by atoms with van der Waals surface area (Å²) in [6.45, 7) is 13.2. The number of benzene rings is 3. The summed E-state index contributed by atoms with van der Waals surface area (Å²) in [6.07, 6.45) is 3.31. The Bertz CT molecular complexity index is 2300. The van der Waals surface area contributed by atoms with Gasteiger partial charge in [-0.15, -0.1) is 0 Å². The van der Waals surface area contributed by atoms with Crippen LogP contribution in [-0.4, -0.2) is 79.7 Å². The van der Waals surface area contributed by atoms with Crippen LogP contribution in [0, 0.1) is 11.8 Å². The van der Waals surface area contributed by atoms with Crippen LogP contribution in [0.25, 0.3) is 44.2 Å². The fraction of sp³-hybridized carbons (Fsp3) is 0.452. The van der Waals surface area contributed by atoms with Gasteiger partial charge in [0.05, 0.1) is 42.1 Å². The van der Waals surface area contributed by atoms with Gasteiger partial charge < -0.3 is 34.4 Å². The molecule has 0 spiro atoms. The average molecular weight is 748 g/mol. The average Bonchev–Trinajstić information content (AvgIpc) is 3.97. The molecule has 3 aromatic carbocycles. The number of ether oxygens (including phenoxy) is 3. The summed E-state index contributed by atoms with van der Waals surface area (Å²) in [6, 6.07) is 13.7. The number of nitrogens with one attached hydrogen (secondary N) is 3. The van der Waals surface area contributed by atoms with E-state index in [1.807, 2.05) is 45.7 Å². The summed E-state index contributed by atoms with van der Waals surface area (Å²) >= 11 is 0. The predicted molar refractivity (Wildman–Crippen MR) is 208 cm³/mol. The number of carbonyl (C=O) groups excluding carboxylic acids is 3. The molecule has 13 nitrogen and oxygen atoms in total. The molecule has 2 saturated heterocycles. The fourth-order valence-corrected chi connectivity index (χ4v) is 8.30. The van der Waals surface area contributed by atoms with Crippen molar-refractivity contribution in [3.8, 4) is 28.1 Å². The van der Waals surface area contributed by atoms with Gasteiger partial charge in [0.1, 0.15) is 35.6 Å². The number of carbonyl (C=O) groups is 3. The van der Waals surface area contributed by atoms with E-state index in [0.717, 1.165) is 86.4 Å². The maximum Gasteiger partial charge on any atom is 0.410 e. The van der Waals surface area contributed by atoms with E-state index >= 15 is 0 Å². The number of methoxy groups -OCH3 is 1. The highest BCUT2D eigenvalue weighted by Gasteiger charge is 2.39. The Hall–Kier alpha value is -5.59. The van der Waals surface area contributed by atoms with E-state index < -0.39 is 17.7 Å². The van der Waals surface area contributed by atoms with Crippen molar-refractivity contribution in [2.45, 2.75) is 91.1 Å². The standard InChI is InChI=1S/C42H49N7O6/c1-22(2)35(47-40(51)53-7)39(50)48-14-8-9-32(48)37-43-19-31(45-37)25-10-12-27-26(16-25)21-54-34-18-28-24(17-29(27)34)11-13-30-36(28)46-38(44-30)33-15-23(3)20-49(33)41(52)55-42(4,5)6/h10-13,16-19,22-23,32-33,35H,8-9,14-15,20-21H2,1-7H3,(H,43,45)(H,44,46)(H,47,51). The molecular weight excluding hydrogens is 699 g/mol. The van der Waals surface area contributed by atoms with Gasteiger partial charge >= 0.3 is 12.2 Å². The Labute approximate surface area is 320 Å². The van der Waals surface area contributed by atoms with E-state index in [4.69, 9.17) is 24.2 Å². The molecule has 5 heterocycles. The van der Waals surface area contributed by atoms with E-state index in [1.54, 1.807) is 4.90 Å². The van der Waals surface area contributed by atoms with Gasteiger partial charge in [-0.1, -0.05) is 39.0 Å². The third-order valence-corrected chi connectivity index (χ3v) is 11.0. The molecule has 2 aromatic heterocycles. The van der Waals surface area contributed by atoms with Gasteiger partial charge in [-0.05, 0) is 98.2 Å². The molecule has 0 saturated carbocycles. The molecule has 0 aliphatic carbocycles. The molecule has 2 fully saturated rings. The van der Waals surface area contributed by atoms with Gasteiger partial charge in [0, 0.05) is 24.0 Å². The van der Waals surface area contributed by atoms with E-state index in [1.165, 1.54) is 7.11 Å². The minimum absolute atomic E-state index is 0.107. The van der Waals surface area contributed by atoms with Crippen molar-refractivity contribution in [2.24, 2.45) is 11.8 Å². The van der Waals surface area contributed by atoms with Crippen LogP contribution >= 0.6 is 0 Å². The summed E-state index contributed by atoms with van der Waals surface area (Å²) in [5, 5.41) is 4.74. The van der Waals surface area contributed by atoms with E-state index in [2.05, 4.69) is 64.7 Å². The van der Waals surface area contributed by atoms with Gasteiger partial charge in [-0.25, -0.2) is 19.6 Å². The fourth-order valence-electron chi connectivity index (χ4n) is 8.30. The number of fused-ring (bicyclic) bond motifs is 6. The van der Waals surface area contributed by atoms with Crippen LogP contribution in [0.5, 0.6) is 5.75 Å². The summed E-state index contributed by atoms with van der Waals surface area (Å²) < 4.78 is 16.9. The second-order valence-electron chi connectivity index (χ2n) is 16.5. The van der Waals surface area contributed by atoms with Crippen molar-refractivity contribution >= 4 is 39.9 Å². The maximum atomic E-state index is 13.6. The van der Waals surface area contributed by atoms with Crippen LogP contribution in [0.1, 0.15) is 90.1 Å². The topological polar surface area (TPSA) is 155 Å². The number of hydrogen-bond donors (Lipinski definition) is 3. The normalized spacial score (nSPS) is 20.0. The van der Waals surface area contributed by atoms with Crippen LogP contribution in [0.2, 0.25) is 0 Å².